The molecular formula is C16H20ClN5O2. The predicted molar refractivity (Wildman–Crippen MR) is 90.3 cm³/mol. The van der Waals surface area contributed by atoms with Crippen molar-refractivity contribution < 1.29 is 9.32 Å². The van der Waals surface area contributed by atoms with E-state index in [1.165, 1.54) is 0 Å². The van der Waals surface area contributed by atoms with E-state index in [1.54, 1.807) is 26.2 Å². The number of aromatic nitrogens is 3. The molecule has 2 aromatic rings. The quantitative estimate of drug-likeness (QED) is 0.847. The number of hydrogen-bond acceptors (Lipinski definition) is 6. The smallest absolute Gasteiger partial charge is 0.259 e. The van der Waals surface area contributed by atoms with Crippen molar-refractivity contribution in [3.8, 4) is 0 Å². The molecule has 1 aliphatic heterocycles. The summed E-state index contributed by atoms with van der Waals surface area (Å²) in [7, 11) is 1.97. The molecule has 24 heavy (non-hydrogen) atoms. The molecule has 0 atom stereocenters. The van der Waals surface area contributed by atoms with Gasteiger partial charge in [0.2, 0.25) is 5.95 Å². The number of anilines is 1. The number of hydrogen-bond donors (Lipinski definition) is 0. The molecule has 0 spiro atoms. The Labute approximate surface area is 145 Å². The highest BCUT2D eigenvalue weighted by atomic mass is 35.5. The van der Waals surface area contributed by atoms with Crippen molar-refractivity contribution in [1.82, 2.24) is 20.0 Å². The van der Waals surface area contributed by atoms with Crippen LogP contribution in [0.15, 0.2) is 16.9 Å². The van der Waals surface area contributed by atoms with Crippen LogP contribution in [0, 0.1) is 13.8 Å². The first kappa shape index (κ1) is 16.7. The minimum absolute atomic E-state index is 0.00454. The summed E-state index contributed by atoms with van der Waals surface area (Å²) < 4.78 is 5.10. The summed E-state index contributed by atoms with van der Waals surface area (Å²) in [5, 5.41) is 4.38. The van der Waals surface area contributed by atoms with Crippen molar-refractivity contribution in [3.05, 3.63) is 34.4 Å². The number of carbonyl (C=O) groups excluding carboxylic acids is 1. The highest BCUT2D eigenvalue weighted by Crippen LogP contribution is 2.22. The van der Waals surface area contributed by atoms with Gasteiger partial charge in [-0.05, 0) is 26.7 Å². The van der Waals surface area contributed by atoms with Crippen LogP contribution in [-0.4, -0.2) is 52.1 Å². The van der Waals surface area contributed by atoms with E-state index in [1.807, 2.05) is 16.8 Å². The Morgan fingerprint density at radius 1 is 1.29 bits per heavy atom. The van der Waals surface area contributed by atoms with Crippen LogP contribution in [0.4, 0.5) is 5.95 Å². The summed E-state index contributed by atoms with van der Waals surface area (Å²) in [6, 6.07) is 0.292. The van der Waals surface area contributed by atoms with E-state index in [0.29, 0.717) is 47.1 Å². The number of rotatable bonds is 3. The third kappa shape index (κ3) is 3.21. The fourth-order valence-electron chi connectivity index (χ4n) is 3.05. The summed E-state index contributed by atoms with van der Waals surface area (Å²) in [5.74, 6) is 1.22. The molecule has 0 N–H and O–H groups in total. The number of amides is 1. The zero-order chi connectivity index (χ0) is 17.3. The van der Waals surface area contributed by atoms with Crippen LogP contribution in [0.3, 0.4) is 0 Å². The maximum Gasteiger partial charge on any atom is 0.259 e. The molecular weight excluding hydrogens is 330 g/mol. The molecule has 1 saturated heterocycles. The van der Waals surface area contributed by atoms with Crippen LogP contribution in [0.2, 0.25) is 5.02 Å². The molecule has 3 heterocycles. The van der Waals surface area contributed by atoms with Crippen LogP contribution < -0.4 is 4.90 Å². The van der Waals surface area contributed by atoms with Crippen molar-refractivity contribution in [2.24, 2.45) is 0 Å². The van der Waals surface area contributed by atoms with E-state index < -0.39 is 0 Å². The van der Waals surface area contributed by atoms with Crippen molar-refractivity contribution in [2.75, 3.05) is 25.0 Å². The van der Waals surface area contributed by atoms with Gasteiger partial charge in [0.15, 0.2) is 0 Å². The highest BCUT2D eigenvalue weighted by molar-refractivity contribution is 6.30. The molecule has 0 radical (unpaired) electrons. The Morgan fingerprint density at radius 3 is 2.46 bits per heavy atom. The van der Waals surface area contributed by atoms with Gasteiger partial charge in [-0.15, -0.1) is 0 Å². The predicted octanol–water partition coefficient (Wildman–Crippen LogP) is 2.48. The van der Waals surface area contributed by atoms with E-state index in [0.717, 1.165) is 12.8 Å². The molecule has 8 heteroatoms. The molecule has 1 amide bonds. The summed E-state index contributed by atoms with van der Waals surface area (Å²) in [5.41, 5.74) is 1.23. The number of carbonyl (C=O) groups is 1. The lowest BCUT2D eigenvalue weighted by Gasteiger charge is -2.36. The molecule has 7 nitrogen and oxygen atoms in total. The van der Waals surface area contributed by atoms with Gasteiger partial charge >= 0.3 is 0 Å². The molecule has 1 aliphatic rings. The Kier molecular flexibility index (Phi) is 4.71. The Hall–Kier alpha value is -2.15. The number of piperidine rings is 1. The number of nitrogens with zero attached hydrogens (tertiary/aromatic N) is 5. The number of likely N-dealkylation sites (tertiary alicyclic amines) is 1. The van der Waals surface area contributed by atoms with Crippen molar-refractivity contribution in [2.45, 2.75) is 32.7 Å². The van der Waals surface area contributed by atoms with E-state index in [2.05, 4.69) is 15.1 Å². The van der Waals surface area contributed by atoms with E-state index in [4.69, 9.17) is 16.1 Å². The van der Waals surface area contributed by atoms with Crippen LogP contribution >= 0.6 is 11.6 Å². The van der Waals surface area contributed by atoms with Gasteiger partial charge in [0, 0.05) is 26.2 Å². The lowest BCUT2D eigenvalue weighted by Crippen LogP contribution is -2.46. The van der Waals surface area contributed by atoms with Crippen LogP contribution in [-0.2, 0) is 0 Å². The van der Waals surface area contributed by atoms with Gasteiger partial charge in [0.05, 0.1) is 23.1 Å². The SMILES string of the molecule is Cc1noc(C)c1C(=O)N1CCC(N(C)c2ncc(Cl)cn2)CC1. The summed E-state index contributed by atoms with van der Waals surface area (Å²) >= 11 is 5.83. The molecule has 1 fully saturated rings. The largest absolute Gasteiger partial charge is 0.361 e. The average molecular weight is 350 g/mol. The van der Waals surface area contributed by atoms with Gasteiger partial charge in [0.25, 0.3) is 5.91 Å². The third-order valence-electron chi connectivity index (χ3n) is 4.47. The third-order valence-corrected chi connectivity index (χ3v) is 4.66. The topological polar surface area (TPSA) is 75.4 Å². The van der Waals surface area contributed by atoms with Gasteiger partial charge in [-0.2, -0.15) is 0 Å². The average Bonchev–Trinajstić information content (AvgIpc) is 2.93. The Balaban J connectivity index is 1.63. The fourth-order valence-corrected chi connectivity index (χ4v) is 3.15. The van der Waals surface area contributed by atoms with Gasteiger partial charge in [-0.25, -0.2) is 9.97 Å². The maximum atomic E-state index is 12.7. The number of halogens is 1. The maximum absolute atomic E-state index is 12.7. The Morgan fingerprint density at radius 2 is 1.92 bits per heavy atom. The van der Waals surface area contributed by atoms with Crippen LogP contribution in [0.5, 0.6) is 0 Å². The molecule has 128 valence electrons. The monoisotopic (exact) mass is 349 g/mol. The zero-order valence-electron chi connectivity index (χ0n) is 14.0. The zero-order valence-corrected chi connectivity index (χ0v) is 14.7. The first-order valence-electron chi connectivity index (χ1n) is 7.90. The minimum Gasteiger partial charge on any atom is -0.361 e. The van der Waals surface area contributed by atoms with E-state index >= 15 is 0 Å². The van der Waals surface area contributed by atoms with Gasteiger partial charge in [-0.3, -0.25) is 4.79 Å². The standard InChI is InChI=1S/C16H20ClN5O2/c1-10-14(11(2)24-20-10)15(23)22-6-4-13(5-7-22)21(3)16-18-8-12(17)9-19-16/h8-9,13H,4-7H2,1-3H3. The molecule has 0 aromatic carbocycles. The summed E-state index contributed by atoms with van der Waals surface area (Å²) in [6.45, 7) is 4.94. The molecule has 2 aromatic heterocycles. The van der Waals surface area contributed by atoms with Crippen molar-refractivity contribution >= 4 is 23.5 Å². The van der Waals surface area contributed by atoms with Crippen LogP contribution in [0.1, 0.15) is 34.7 Å². The minimum atomic E-state index is -0.00454. The second-order valence-corrected chi connectivity index (χ2v) is 6.47. The normalized spacial score (nSPS) is 15.6. The van der Waals surface area contributed by atoms with Gasteiger partial charge in [0.1, 0.15) is 11.3 Å². The second kappa shape index (κ2) is 6.76. The molecule has 0 bridgehead atoms. The first-order chi connectivity index (χ1) is 11.5. The highest BCUT2D eigenvalue weighted by Gasteiger charge is 2.29. The lowest BCUT2D eigenvalue weighted by atomic mass is 10.0. The lowest BCUT2D eigenvalue weighted by molar-refractivity contribution is 0.0710. The van der Waals surface area contributed by atoms with Crippen molar-refractivity contribution in [1.29, 1.82) is 0 Å². The summed E-state index contributed by atoms with van der Waals surface area (Å²) in [4.78, 5) is 25.1. The fraction of sp³-hybridized carbons (Fsp3) is 0.500. The summed E-state index contributed by atoms with van der Waals surface area (Å²) in [6.07, 6.45) is 4.90. The molecule has 0 aliphatic carbocycles. The van der Waals surface area contributed by atoms with Crippen LogP contribution in [0.25, 0.3) is 0 Å². The molecule has 0 unspecified atom stereocenters. The van der Waals surface area contributed by atoms with E-state index in [9.17, 15) is 4.79 Å². The second-order valence-electron chi connectivity index (χ2n) is 6.03. The molecule has 0 saturated carbocycles. The number of aryl methyl sites for hydroxylation is 2. The Bertz CT molecular complexity index is 703. The molecule has 3 rings (SSSR count). The van der Waals surface area contributed by atoms with Gasteiger partial charge in [-0.1, -0.05) is 16.8 Å². The van der Waals surface area contributed by atoms with Crippen molar-refractivity contribution in [3.63, 3.8) is 0 Å². The first-order valence-corrected chi connectivity index (χ1v) is 8.27. The van der Waals surface area contributed by atoms with E-state index in [-0.39, 0.29) is 5.91 Å². The van der Waals surface area contributed by atoms with Gasteiger partial charge < -0.3 is 14.3 Å².